The highest BCUT2D eigenvalue weighted by Gasteiger charge is 2.09. The minimum Gasteiger partial charge on any atom is -0.421 e. The standard InChI is InChI=1S/C12H14N4O/c1-7-5-4-6-10(13)11(7)17-12-14-8(2)9(3)15-16-12/h4-6H,13H2,1-3H3. The minimum absolute atomic E-state index is 0.217. The average molecular weight is 230 g/mol. The van der Waals surface area contributed by atoms with Crippen LogP contribution in [0.5, 0.6) is 11.8 Å². The van der Waals surface area contributed by atoms with Crippen molar-refractivity contribution in [3.8, 4) is 11.8 Å². The molecule has 1 aromatic heterocycles. The number of aromatic nitrogens is 3. The summed E-state index contributed by atoms with van der Waals surface area (Å²) < 4.78 is 5.57. The van der Waals surface area contributed by atoms with Gasteiger partial charge in [0, 0.05) is 0 Å². The minimum atomic E-state index is 0.217. The zero-order valence-electron chi connectivity index (χ0n) is 10.1. The van der Waals surface area contributed by atoms with Crippen LogP contribution in [0.25, 0.3) is 0 Å². The van der Waals surface area contributed by atoms with Gasteiger partial charge in [0.15, 0.2) is 5.75 Å². The van der Waals surface area contributed by atoms with Crippen molar-refractivity contribution < 1.29 is 4.74 Å². The Hall–Kier alpha value is -2.17. The number of anilines is 1. The number of benzene rings is 1. The zero-order chi connectivity index (χ0) is 12.4. The van der Waals surface area contributed by atoms with E-state index in [1.165, 1.54) is 0 Å². The molecular formula is C12H14N4O. The van der Waals surface area contributed by atoms with Gasteiger partial charge >= 0.3 is 6.01 Å². The van der Waals surface area contributed by atoms with Gasteiger partial charge in [-0.2, -0.15) is 4.98 Å². The molecular weight excluding hydrogens is 216 g/mol. The molecule has 2 N–H and O–H groups in total. The summed E-state index contributed by atoms with van der Waals surface area (Å²) in [5.41, 5.74) is 8.92. The molecule has 0 spiro atoms. The third-order valence-corrected chi connectivity index (χ3v) is 2.51. The van der Waals surface area contributed by atoms with Gasteiger partial charge < -0.3 is 10.5 Å². The summed E-state index contributed by atoms with van der Waals surface area (Å²) in [4.78, 5) is 4.20. The summed E-state index contributed by atoms with van der Waals surface area (Å²) in [6.45, 7) is 5.62. The molecule has 0 saturated carbocycles. The van der Waals surface area contributed by atoms with Gasteiger partial charge in [0.2, 0.25) is 0 Å². The Balaban J connectivity index is 2.35. The molecule has 0 radical (unpaired) electrons. The van der Waals surface area contributed by atoms with Crippen LogP contribution in [0, 0.1) is 20.8 Å². The summed E-state index contributed by atoms with van der Waals surface area (Å²) in [5.74, 6) is 0.581. The van der Waals surface area contributed by atoms with E-state index in [0.29, 0.717) is 11.4 Å². The molecule has 2 aromatic rings. The summed E-state index contributed by atoms with van der Waals surface area (Å²) in [6, 6.07) is 5.78. The van der Waals surface area contributed by atoms with Crippen molar-refractivity contribution >= 4 is 5.69 Å². The fourth-order valence-electron chi connectivity index (χ4n) is 1.39. The van der Waals surface area contributed by atoms with Crippen LogP contribution in [0.15, 0.2) is 18.2 Å². The molecule has 0 aliphatic heterocycles. The lowest BCUT2D eigenvalue weighted by Gasteiger charge is -2.09. The first-order valence-corrected chi connectivity index (χ1v) is 5.29. The zero-order valence-corrected chi connectivity index (χ0v) is 10.1. The molecule has 2 rings (SSSR count). The Kier molecular flexibility index (Phi) is 2.91. The normalized spacial score (nSPS) is 10.3. The topological polar surface area (TPSA) is 73.9 Å². The van der Waals surface area contributed by atoms with E-state index in [4.69, 9.17) is 10.5 Å². The van der Waals surface area contributed by atoms with Crippen LogP contribution in [-0.4, -0.2) is 15.2 Å². The van der Waals surface area contributed by atoms with Crippen LogP contribution in [0.2, 0.25) is 0 Å². The van der Waals surface area contributed by atoms with Crippen molar-refractivity contribution in [2.75, 3.05) is 5.73 Å². The summed E-state index contributed by atoms with van der Waals surface area (Å²) in [6.07, 6.45) is 0. The monoisotopic (exact) mass is 230 g/mol. The molecule has 0 atom stereocenters. The van der Waals surface area contributed by atoms with Crippen molar-refractivity contribution in [1.82, 2.24) is 15.2 Å². The van der Waals surface area contributed by atoms with Gasteiger partial charge in [0.1, 0.15) is 0 Å². The van der Waals surface area contributed by atoms with E-state index in [1.54, 1.807) is 6.07 Å². The molecule has 0 fully saturated rings. The lowest BCUT2D eigenvalue weighted by Crippen LogP contribution is -2.01. The highest BCUT2D eigenvalue weighted by atomic mass is 16.5. The second-order valence-corrected chi connectivity index (χ2v) is 3.86. The highest BCUT2D eigenvalue weighted by Crippen LogP contribution is 2.28. The first-order valence-electron chi connectivity index (χ1n) is 5.29. The molecule has 0 aliphatic rings. The molecule has 17 heavy (non-hydrogen) atoms. The van der Waals surface area contributed by atoms with E-state index in [2.05, 4.69) is 15.2 Å². The van der Waals surface area contributed by atoms with Crippen molar-refractivity contribution in [1.29, 1.82) is 0 Å². The molecule has 0 unspecified atom stereocenters. The third kappa shape index (κ3) is 2.33. The van der Waals surface area contributed by atoms with Crippen LogP contribution >= 0.6 is 0 Å². The highest BCUT2D eigenvalue weighted by molar-refractivity contribution is 5.57. The van der Waals surface area contributed by atoms with E-state index < -0.39 is 0 Å². The van der Waals surface area contributed by atoms with Gasteiger partial charge in [-0.15, -0.1) is 5.10 Å². The van der Waals surface area contributed by atoms with E-state index in [-0.39, 0.29) is 6.01 Å². The Bertz CT molecular complexity index is 534. The molecule has 1 aromatic carbocycles. The Morgan fingerprint density at radius 3 is 2.47 bits per heavy atom. The fraction of sp³-hybridized carbons (Fsp3) is 0.250. The van der Waals surface area contributed by atoms with Crippen LogP contribution < -0.4 is 10.5 Å². The van der Waals surface area contributed by atoms with Crippen LogP contribution in [-0.2, 0) is 0 Å². The molecule has 0 bridgehead atoms. The number of hydrogen-bond donors (Lipinski definition) is 1. The maximum absolute atomic E-state index is 5.84. The van der Waals surface area contributed by atoms with E-state index in [0.717, 1.165) is 17.0 Å². The number of nitrogens with two attached hydrogens (primary N) is 1. The van der Waals surface area contributed by atoms with Gasteiger partial charge in [-0.05, 0) is 32.4 Å². The predicted octanol–water partition coefficient (Wildman–Crippen LogP) is 2.17. The molecule has 88 valence electrons. The van der Waals surface area contributed by atoms with Crippen molar-refractivity contribution in [2.24, 2.45) is 0 Å². The largest absolute Gasteiger partial charge is 0.421 e. The maximum Gasteiger partial charge on any atom is 0.341 e. The lowest BCUT2D eigenvalue weighted by atomic mass is 10.2. The second-order valence-electron chi connectivity index (χ2n) is 3.86. The predicted molar refractivity (Wildman–Crippen MR) is 65.0 cm³/mol. The Labute approximate surface area is 99.7 Å². The SMILES string of the molecule is Cc1cccc(N)c1Oc1nnc(C)c(C)n1. The van der Waals surface area contributed by atoms with Gasteiger partial charge in [0.05, 0.1) is 17.1 Å². The molecule has 0 saturated heterocycles. The van der Waals surface area contributed by atoms with Gasteiger partial charge in [-0.3, -0.25) is 0 Å². The number of rotatable bonds is 2. The molecule has 0 amide bonds. The third-order valence-electron chi connectivity index (χ3n) is 2.51. The van der Waals surface area contributed by atoms with Crippen LogP contribution in [0.4, 0.5) is 5.69 Å². The number of para-hydroxylation sites is 1. The van der Waals surface area contributed by atoms with E-state index in [9.17, 15) is 0 Å². The molecule has 5 heteroatoms. The molecule has 5 nitrogen and oxygen atoms in total. The number of ether oxygens (including phenoxy) is 1. The number of nitrogens with zero attached hydrogens (tertiary/aromatic N) is 3. The van der Waals surface area contributed by atoms with Crippen molar-refractivity contribution in [3.05, 3.63) is 35.2 Å². The van der Waals surface area contributed by atoms with E-state index >= 15 is 0 Å². The van der Waals surface area contributed by atoms with Gasteiger partial charge in [-0.25, -0.2) is 0 Å². The smallest absolute Gasteiger partial charge is 0.341 e. The Morgan fingerprint density at radius 2 is 1.82 bits per heavy atom. The first kappa shape index (κ1) is 11.3. The van der Waals surface area contributed by atoms with Gasteiger partial charge in [-0.1, -0.05) is 17.2 Å². The van der Waals surface area contributed by atoms with Crippen LogP contribution in [0.3, 0.4) is 0 Å². The lowest BCUT2D eigenvalue weighted by molar-refractivity contribution is 0.429. The van der Waals surface area contributed by atoms with Crippen molar-refractivity contribution in [2.45, 2.75) is 20.8 Å². The molecule has 0 aliphatic carbocycles. The first-order chi connectivity index (χ1) is 8.08. The quantitative estimate of drug-likeness (QED) is 0.800. The summed E-state index contributed by atoms with van der Waals surface area (Å²) in [7, 11) is 0. The number of hydrogen-bond acceptors (Lipinski definition) is 5. The van der Waals surface area contributed by atoms with Crippen LogP contribution in [0.1, 0.15) is 17.0 Å². The molecule has 1 heterocycles. The summed E-state index contributed by atoms with van der Waals surface area (Å²) >= 11 is 0. The Morgan fingerprint density at radius 1 is 1.06 bits per heavy atom. The summed E-state index contributed by atoms with van der Waals surface area (Å²) in [5, 5.41) is 7.83. The number of aryl methyl sites for hydroxylation is 3. The fourth-order valence-corrected chi connectivity index (χ4v) is 1.39. The van der Waals surface area contributed by atoms with Crippen molar-refractivity contribution in [3.63, 3.8) is 0 Å². The van der Waals surface area contributed by atoms with E-state index in [1.807, 2.05) is 32.9 Å². The maximum atomic E-state index is 5.84. The average Bonchev–Trinajstić information content (AvgIpc) is 2.28. The number of nitrogen functional groups attached to an aromatic ring is 1. The van der Waals surface area contributed by atoms with Gasteiger partial charge in [0.25, 0.3) is 0 Å². The second kappa shape index (κ2) is 4.37.